The van der Waals surface area contributed by atoms with Crippen molar-refractivity contribution in [2.24, 2.45) is 10.8 Å². The summed E-state index contributed by atoms with van der Waals surface area (Å²) in [6.07, 6.45) is 1.22. The molecule has 1 N–H and O–H groups in total. The van der Waals surface area contributed by atoms with E-state index in [-0.39, 0.29) is 10.8 Å². The summed E-state index contributed by atoms with van der Waals surface area (Å²) < 4.78 is 22.7. The molecule has 0 aliphatic heterocycles. The van der Waals surface area contributed by atoms with Crippen molar-refractivity contribution < 1.29 is 8.42 Å². The number of rotatable bonds is 3. The van der Waals surface area contributed by atoms with Gasteiger partial charge >= 0.3 is 0 Å². The van der Waals surface area contributed by atoms with E-state index >= 15 is 0 Å². The molecule has 4 heteroatoms. The maximum atomic E-state index is 11.4. The minimum Gasteiger partial charge on any atom is -0.381 e. The van der Waals surface area contributed by atoms with Crippen LogP contribution in [0.3, 0.4) is 0 Å². The fourth-order valence-corrected chi connectivity index (χ4v) is 3.15. The van der Waals surface area contributed by atoms with Gasteiger partial charge in [-0.15, -0.1) is 0 Å². The van der Waals surface area contributed by atoms with Gasteiger partial charge in [0.1, 0.15) is 0 Å². The van der Waals surface area contributed by atoms with Crippen LogP contribution in [0.15, 0.2) is 29.2 Å². The summed E-state index contributed by atoms with van der Waals surface area (Å²) in [7, 11) is -3.11. The Hall–Kier alpha value is -1.03. The molecule has 100 valence electrons. The third kappa shape index (κ3) is 2.03. The topological polar surface area (TPSA) is 46.2 Å². The van der Waals surface area contributed by atoms with Crippen LogP contribution < -0.4 is 5.32 Å². The van der Waals surface area contributed by atoms with Crippen molar-refractivity contribution in [2.45, 2.75) is 38.6 Å². The minimum absolute atomic E-state index is 0.266. The molecule has 0 aromatic heterocycles. The third-order valence-electron chi connectivity index (χ3n) is 4.61. The van der Waals surface area contributed by atoms with Crippen LogP contribution in [0.2, 0.25) is 0 Å². The van der Waals surface area contributed by atoms with Crippen LogP contribution in [0.25, 0.3) is 0 Å². The Kier molecular flexibility index (Phi) is 2.78. The second kappa shape index (κ2) is 3.73. The number of nitrogens with one attached hydrogen (secondary N) is 1. The van der Waals surface area contributed by atoms with Crippen LogP contribution in [0.5, 0.6) is 0 Å². The normalized spacial score (nSPS) is 21.6. The predicted octanol–water partition coefficient (Wildman–Crippen LogP) is 2.94. The van der Waals surface area contributed by atoms with Gasteiger partial charge in [-0.25, -0.2) is 8.42 Å². The molecule has 0 radical (unpaired) electrons. The lowest BCUT2D eigenvalue weighted by Gasteiger charge is -2.08. The molecule has 1 aromatic rings. The lowest BCUT2D eigenvalue weighted by Crippen LogP contribution is -2.10. The van der Waals surface area contributed by atoms with Crippen LogP contribution in [-0.4, -0.2) is 20.7 Å². The zero-order valence-corrected chi connectivity index (χ0v) is 12.4. The largest absolute Gasteiger partial charge is 0.381 e. The van der Waals surface area contributed by atoms with Gasteiger partial charge in [0.25, 0.3) is 0 Å². The van der Waals surface area contributed by atoms with E-state index in [2.05, 4.69) is 33.0 Å². The summed E-state index contributed by atoms with van der Waals surface area (Å²) in [6.45, 7) is 8.98. The molecular formula is C14H21NO2S. The minimum atomic E-state index is -3.11. The zero-order valence-electron chi connectivity index (χ0n) is 11.6. The predicted molar refractivity (Wildman–Crippen MR) is 74.5 cm³/mol. The molecule has 0 bridgehead atoms. The van der Waals surface area contributed by atoms with Crippen molar-refractivity contribution in [3.63, 3.8) is 0 Å². The monoisotopic (exact) mass is 267 g/mol. The summed E-state index contributed by atoms with van der Waals surface area (Å²) in [5.41, 5.74) is 1.51. The molecular weight excluding hydrogens is 246 g/mol. The van der Waals surface area contributed by atoms with Crippen LogP contribution in [0, 0.1) is 10.8 Å². The highest BCUT2D eigenvalue weighted by Gasteiger charge is 2.64. The van der Waals surface area contributed by atoms with Crippen LogP contribution >= 0.6 is 0 Å². The highest BCUT2D eigenvalue weighted by Crippen LogP contribution is 2.63. The molecule has 0 amide bonds. The van der Waals surface area contributed by atoms with Crippen LogP contribution in [0.4, 0.5) is 5.69 Å². The molecule has 0 heterocycles. The first-order valence-corrected chi connectivity index (χ1v) is 8.02. The lowest BCUT2D eigenvalue weighted by molar-refractivity contribution is 0.457. The van der Waals surface area contributed by atoms with E-state index in [1.165, 1.54) is 6.26 Å². The van der Waals surface area contributed by atoms with Gasteiger partial charge in [0.05, 0.1) is 4.90 Å². The Labute approximate surface area is 110 Å². The molecule has 1 fully saturated rings. The summed E-state index contributed by atoms with van der Waals surface area (Å²) in [6, 6.07) is 7.40. The van der Waals surface area contributed by atoms with Gasteiger partial charge in [0.15, 0.2) is 9.84 Å². The zero-order chi connectivity index (χ0) is 13.8. The maximum Gasteiger partial charge on any atom is 0.175 e. The Morgan fingerprint density at radius 1 is 1.00 bits per heavy atom. The molecule has 1 aliphatic rings. The fourth-order valence-electron chi connectivity index (χ4n) is 2.52. The molecule has 0 atom stereocenters. The molecule has 18 heavy (non-hydrogen) atoms. The third-order valence-corrected chi connectivity index (χ3v) is 5.74. The SMILES string of the molecule is CC1(C)C(Nc2ccc(S(C)(=O)=O)cc2)C1(C)C. The Morgan fingerprint density at radius 2 is 1.44 bits per heavy atom. The van der Waals surface area contributed by atoms with Crippen LogP contribution in [0.1, 0.15) is 27.7 Å². The number of sulfone groups is 1. The highest BCUT2D eigenvalue weighted by atomic mass is 32.2. The number of benzene rings is 1. The van der Waals surface area contributed by atoms with Gasteiger partial charge in [-0.2, -0.15) is 0 Å². The van der Waals surface area contributed by atoms with Gasteiger partial charge in [-0.05, 0) is 35.1 Å². The number of hydrogen-bond donors (Lipinski definition) is 1. The van der Waals surface area contributed by atoms with Crippen molar-refractivity contribution in [1.82, 2.24) is 0 Å². The number of anilines is 1. The first kappa shape index (κ1) is 13.4. The second-order valence-electron chi connectivity index (χ2n) is 6.32. The van der Waals surface area contributed by atoms with Gasteiger partial charge in [-0.1, -0.05) is 27.7 Å². The average Bonchev–Trinajstić information content (AvgIpc) is 2.60. The number of hydrogen-bond acceptors (Lipinski definition) is 3. The second-order valence-corrected chi connectivity index (χ2v) is 8.33. The van der Waals surface area contributed by atoms with E-state index < -0.39 is 9.84 Å². The lowest BCUT2D eigenvalue weighted by atomic mass is 10.0. The first-order valence-electron chi connectivity index (χ1n) is 6.13. The summed E-state index contributed by atoms with van der Waals surface area (Å²) in [5, 5.41) is 3.48. The van der Waals surface area contributed by atoms with Crippen molar-refractivity contribution in [3.8, 4) is 0 Å². The van der Waals surface area contributed by atoms with Crippen molar-refractivity contribution >= 4 is 15.5 Å². The highest BCUT2D eigenvalue weighted by molar-refractivity contribution is 7.90. The summed E-state index contributed by atoms with van der Waals surface area (Å²) in [5.74, 6) is 0. The summed E-state index contributed by atoms with van der Waals surface area (Å²) >= 11 is 0. The quantitative estimate of drug-likeness (QED) is 0.916. The van der Waals surface area contributed by atoms with Crippen molar-refractivity contribution in [1.29, 1.82) is 0 Å². The molecule has 0 unspecified atom stereocenters. The van der Waals surface area contributed by atoms with E-state index in [1.807, 2.05) is 12.1 Å². The van der Waals surface area contributed by atoms with E-state index in [0.717, 1.165) is 5.69 Å². The van der Waals surface area contributed by atoms with E-state index in [9.17, 15) is 8.42 Å². The summed E-state index contributed by atoms with van der Waals surface area (Å²) in [4.78, 5) is 0.363. The molecule has 0 spiro atoms. The maximum absolute atomic E-state index is 11.4. The van der Waals surface area contributed by atoms with E-state index in [0.29, 0.717) is 10.9 Å². The van der Waals surface area contributed by atoms with E-state index in [1.54, 1.807) is 12.1 Å². The van der Waals surface area contributed by atoms with Gasteiger partial charge in [0.2, 0.25) is 0 Å². The fraction of sp³-hybridized carbons (Fsp3) is 0.571. The Balaban J connectivity index is 2.14. The van der Waals surface area contributed by atoms with Crippen molar-refractivity contribution in [2.75, 3.05) is 11.6 Å². The van der Waals surface area contributed by atoms with Crippen molar-refractivity contribution in [3.05, 3.63) is 24.3 Å². The first-order chi connectivity index (χ1) is 8.07. The average molecular weight is 267 g/mol. The standard InChI is InChI=1S/C14H21NO2S/c1-13(2)12(14(13,3)4)15-10-6-8-11(9-7-10)18(5,16)17/h6-9,12,15H,1-5H3. The molecule has 2 rings (SSSR count). The molecule has 1 saturated carbocycles. The van der Waals surface area contributed by atoms with Gasteiger partial charge < -0.3 is 5.32 Å². The molecule has 1 aromatic carbocycles. The Morgan fingerprint density at radius 3 is 1.78 bits per heavy atom. The smallest absolute Gasteiger partial charge is 0.175 e. The Bertz CT molecular complexity index is 542. The molecule has 3 nitrogen and oxygen atoms in total. The van der Waals surface area contributed by atoms with Gasteiger partial charge in [0, 0.05) is 18.0 Å². The molecule has 0 saturated heterocycles. The van der Waals surface area contributed by atoms with E-state index in [4.69, 9.17) is 0 Å². The van der Waals surface area contributed by atoms with Crippen LogP contribution in [-0.2, 0) is 9.84 Å². The molecule has 1 aliphatic carbocycles. The van der Waals surface area contributed by atoms with Gasteiger partial charge in [-0.3, -0.25) is 0 Å².